The Hall–Kier alpha value is -3.62. The number of halogens is 2. The van der Waals surface area contributed by atoms with Crippen molar-refractivity contribution < 1.29 is 18.7 Å². The average Bonchev–Trinajstić information content (AvgIpc) is 3.27. The van der Waals surface area contributed by atoms with Gasteiger partial charge in [0.05, 0.1) is 38.0 Å². The van der Waals surface area contributed by atoms with Crippen LogP contribution in [0.5, 0.6) is 11.5 Å². The third kappa shape index (κ3) is 6.02. The Morgan fingerprint density at radius 2 is 1.79 bits per heavy atom. The maximum absolute atomic E-state index is 13.9. The molecule has 0 saturated carbocycles. The molecule has 0 radical (unpaired) electrons. The second-order valence-electron chi connectivity index (χ2n) is 9.99. The highest BCUT2D eigenvalue weighted by Crippen LogP contribution is 2.45. The molecule has 39 heavy (non-hydrogen) atoms. The molecule has 0 bridgehead atoms. The van der Waals surface area contributed by atoms with E-state index in [0.717, 1.165) is 22.5 Å². The van der Waals surface area contributed by atoms with Gasteiger partial charge in [0.2, 0.25) is 5.91 Å². The predicted octanol–water partition coefficient (Wildman–Crippen LogP) is 5.21. The summed E-state index contributed by atoms with van der Waals surface area (Å²) in [5.41, 5.74) is 2.70. The summed E-state index contributed by atoms with van der Waals surface area (Å²) in [6.07, 6.45) is -0.0722. The molecule has 5 rings (SSSR count). The lowest BCUT2D eigenvalue weighted by Gasteiger charge is -2.37. The lowest BCUT2D eigenvalue weighted by atomic mass is 9.93. The van der Waals surface area contributed by atoms with E-state index in [0.29, 0.717) is 36.3 Å². The molecule has 0 spiro atoms. The second kappa shape index (κ2) is 11.6. The van der Waals surface area contributed by atoms with Crippen molar-refractivity contribution in [2.45, 2.75) is 32.0 Å². The molecule has 2 heterocycles. The minimum Gasteiger partial charge on any atom is -0.497 e. The molecule has 9 heteroatoms. The molecule has 1 saturated heterocycles. The molecule has 1 fully saturated rings. The van der Waals surface area contributed by atoms with Crippen molar-refractivity contribution >= 4 is 23.3 Å². The zero-order valence-corrected chi connectivity index (χ0v) is 23.0. The monoisotopic (exact) mass is 550 g/mol. The van der Waals surface area contributed by atoms with Crippen LogP contribution in [0.1, 0.15) is 42.6 Å². The molecule has 1 N–H and O–H groups in total. The number of nitrogens with zero attached hydrogens (tertiary/aromatic N) is 3. The summed E-state index contributed by atoms with van der Waals surface area (Å²) in [6.45, 7) is 5.99. The number of aliphatic imine (C=N–C) groups is 1. The molecule has 0 aromatic heterocycles. The first-order valence-corrected chi connectivity index (χ1v) is 13.4. The minimum atomic E-state index is -0.339. The number of nitrogens with one attached hydrogen (secondary N) is 1. The summed E-state index contributed by atoms with van der Waals surface area (Å²) >= 11 is 6.25. The second-order valence-corrected chi connectivity index (χ2v) is 10.4. The normalized spacial score (nSPS) is 19.7. The van der Waals surface area contributed by atoms with Crippen LogP contribution in [0.3, 0.4) is 0 Å². The van der Waals surface area contributed by atoms with Gasteiger partial charge in [-0.15, -0.1) is 0 Å². The largest absolute Gasteiger partial charge is 0.497 e. The Bertz CT molecular complexity index is 1350. The zero-order chi connectivity index (χ0) is 27.5. The SMILES string of the molecule is COc1ccc(C2=NC(c3ccc(F)cc3)C(c3ccc(Cl)cc3)N2CN2CCNC(=O)C2)c(OC(C)C)c1. The minimum absolute atomic E-state index is 0.00894. The van der Waals surface area contributed by atoms with Crippen LogP contribution in [0, 0.1) is 5.82 Å². The van der Waals surface area contributed by atoms with Gasteiger partial charge in [0.15, 0.2) is 0 Å². The van der Waals surface area contributed by atoms with Gasteiger partial charge in [-0.3, -0.25) is 14.7 Å². The van der Waals surface area contributed by atoms with Gasteiger partial charge in [0, 0.05) is 24.2 Å². The lowest BCUT2D eigenvalue weighted by Crippen LogP contribution is -2.52. The Morgan fingerprint density at radius 3 is 2.46 bits per heavy atom. The highest BCUT2D eigenvalue weighted by atomic mass is 35.5. The fraction of sp³-hybridized carbons (Fsp3) is 0.333. The van der Waals surface area contributed by atoms with Crippen LogP contribution in [-0.2, 0) is 4.79 Å². The van der Waals surface area contributed by atoms with E-state index in [1.807, 2.05) is 56.3 Å². The Labute approximate surface area is 233 Å². The molecule has 2 aliphatic heterocycles. The van der Waals surface area contributed by atoms with Gasteiger partial charge >= 0.3 is 0 Å². The number of ether oxygens (including phenoxy) is 2. The number of hydrogen-bond donors (Lipinski definition) is 1. The first-order valence-electron chi connectivity index (χ1n) is 13.0. The maximum atomic E-state index is 13.9. The number of piperazine rings is 1. The molecule has 7 nitrogen and oxygen atoms in total. The Kier molecular flexibility index (Phi) is 8.04. The molecule has 2 aliphatic rings. The van der Waals surface area contributed by atoms with E-state index in [4.69, 9.17) is 26.1 Å². The highest BCUT2D eigenvalue weighted by Gasteiger charge is 2.41. The summed E-state index contributed by atoms with van der Waals surface area (Å²) in [7, 11) is 1.62. The molecule has 3 aromatic carbocycles. The lowest BCUT2D eigenvalue weighted by molar-refractivity contribution is -0.124. The summed E-state index contributed by atoms with van der Waals surface area (Å²) in [4.78, 5) is 21.9. The molecule has 2 atom stereocenters. The molecule has 3 aromatic rings. The third-order valence-electron chi connectivity index (χ3n) is 6.85. The van der Waals surface area contributed by atoms with Crippen LogP contribution in [0.25, 0.3) is 0 Å². The maximum Gasteiger partial charge on any atom is 0.234 e. The highest BCUT2D eigenvalue weighted by molar-refractivity contribution is 6.30. The van der Waals surface area contributed by atoms with Gasteiger partial charge in [-0.05, 0) is 61.4 Å². The third-order valence-corrected chi connectivity index (χ3v) is 7.11. The summed E-state index contributed by atoms with van der Waals surface area (Å²) in [5.74, 6) is 1.75. The van der Waals surface area contributed by atoms with Gasteiger partial charge in [0.1, 0.15) is 29.2 Å². The first-order chi connectivity index (χ1) is 18.8. The van der Waals surface area contributed by atoms with Crippen LogP contribution in [0.15, 0.2) is 71.7 Å². The van der Waals surface area contributed by atoms with Crippen molar-refractivity contribution in [3.05, 3.63) is 94.3 Å². The average molecular weight is 551 g/mol. The van der Waals surface area contributed by atoms with E-state index < -0.39 is 0 Å². The molecule has 0 aliphatic carbocycles. The molecular formula is C30H32ClFN4O3. The van der Waals surface area contributed by atoms with Crippen molar-refractivity contribution in [2.75, 3.05) is 33.4 Å². The number of rotatable bonds is 8. The van der Waals surface area contributed by atoms with Gasteiger partial charge < -0.3 is 19.7 Å². The quantitative estimate of drug-likeness (QED) is 0.417. The van der Waals surface area contributed by atoms with Crippen molar-refractivity contribution in [3.63, 3.8) is 0 Å². The van der Waals surface area contributed by atoms with Crippen molar-refractivity contribution in [1.29, 1.82) is 0 Å². The molecule has 2 unspecified atom stereocenters. The van der Waals surface area contributed by atoms with E-state index in [-0.39, 0.29) is 36.5 Å². The Morgan fingerprint density at radius 1 is 1.08 bits per heavy atom. The van der Waals surface area contributed by atoms with Crippen molar-refractivity contribution in [1.82, 2.24) is 15.1 Å². The summed E-state index contributed by atoms with van der Waals surface area (Å²) < 4.78 is 25.6. The van der Waals surface area contributed by atoms with E-state index >= 15 is 0 Å². The van der Waals surface area contributed by atoms with Crippen LogP contribution in [0.2, 0.25) is 5.02 Å². The summed E-state index contributed by atoms with van der Waals surface area (Å²) in [6, 6.07) is 19.3. The van der Waals surface area contributed by atoms with Gasteiger partial charge in [-0.2, -0.15) is 0 Å². The van der Waals surface area contributed by atoms with Crippen molar-refractivity contribution in [2.24, 2.45) is 4.99 Å². The molecular weight excluding hydrogens is 519 g/mol. The van der Waals surface area contributed by atoms with Gasteiger partial charge in [-0.25, -0.2) is 4.39 Å². The van der Waals surface area contributed by atoms with E-state index in [2.05, 4.69) is 15.1 Å². The van der Waals surface area contributed by atoms with Crippen LogP contribution < -0.4 is 14.8 Å². The number of methoxy groups -OCH3 is 1. The standard InChI is InChI=1S/C30H32ClFN4O3/c1-19(2)39-26-16-24(38-3)12-13-25(26)30-34-28(20-6-10-23(32)11-7-20)29(21-4-8-22(31)9-5-21)36(30)18-35-15-14-33-27(37)17-35/h4-13,16,19,28-29H,14-15,17-18H2,1-3H3,(H,33,37). The van der Waals surface area contributed by atoms with Crippen LogP contribution >= 0.6 is 11.6 Å². The number of benzene rings is 3. The molecule has 1 amide bonds. The number of amides is 1. The van der Waals surface area contributed by atoms with Crippen LogP contribution in [0.4, 0.5) is 4.39 Å². The smallest absolute Gasteiger partial charge is 0.234 e. The van der Waals surface area contributed by atoms with Crippen LogP contribution in [-0.4, -0.2) is 61.1 Å². The number of carbonyl (C=O) groups is 1. The van der Waals surface area contributed by atoms with E-state index in [1.165, 1.54) is 12.1 Å². The number of hydrogen-bond acceptors (Lipinski definition) is 6. The number of carbonyl (C=O) groups excluding carboxylic acids is 1. The Balaban J connectivity index is 1.66. The van der Waals surface area contributed by atoms with E-state index in [9.17, 15) is 9.18 Å². The topological polar surface area (TPSA) is 66.4 Å². The van der Waals surface area contributed by atoms with Gasteiger partial charge in [0.25, 0.3) is 0 Å². The van der Waals surface area contributed by atoms with E-state index in [1.54, 1.807) is 19.2 Å². The van der Waals surface area contributed by atoms with Crippen molar-refractivity contribution in [3.8, 4) is 11.5 Å². The first kappa shape index (κ1) is 27.0. The fourth-order valence-electron chi connectivity index (χ4n) is 5.09. The zero-order valence-electron chi connectivity index (χ0n) is 22.2. The molecule has 204 valence electrons. The predicted molar refractivity (Wildman–Crippen MR) is 150 cm³/mol. The van der Waals surface area contributed by atoms with Gasteiger partial charge in [-0.1, -0.05) is 35.9 Å². The summed E-state index contributed by atoms with van der Waals surface area (Å²) in [5, 5.41) is 3.54. The number of amidine groups is 1. The fourth-order valence-corrected chi connectivity index (χ4v) is 5.22.